The molecule has 75 heavy (non-hydrogen) atoms. The normalized spacial score (nSPS) is 20.9. The van der Waals surface area contributed by atoms with E-state index in [0.29, 0.717) is 43.8 Å². The van der Waals surface area contributed by atoms with Crippen LogP contribution in [0.3, 0.4) is 0 Å². The molecule has 2 saturated carbocycles. The summed E-state index contributed by atoms with van der Waals surface area (Å²) in [4.78, 5) is 53.3. The number of amides is 3. The summed E-state index contributed by atoms with van der Waals surface area (Å²) in [6.45, 7) is 10.7. The summed E-state index contributed by atoms with van der Waals surface area (Å²) < 4.78 is 93.4. The molecule has 0 radical (unpaired) electrons. The number of hydrogen-bond acceptors (Lipinski definition) is 7. The van der Waals surface area contributed by atoms with E-state index < -0.39 is 63.6 Å². The van der Waals surface area contributed by atoms with Crippen molar-refractivity contribution in [1.29, 1.82) is 0 Å². The van der Waals surface area contributed by atoms with Crippen LogP contribution in [0.15, 0.2) is 84.9 Å². The number of carbonyl (C=O) groups is 4. The maximum Gasteiger partial charge on any atom is 0.417 e. The van der Waals surface area contributed by atoms with Gasteiger partial charge in [0.25, 0.3) is 17.7 Å². The largest absolute Gasteiger partial charge is 0.478 e. The van der Waals surface area contributed by atoms with Gasteiger partial charge in [-0.15, -0.1) is 0 Å². The highest BCUT2D eigenvalue weighted by atomic mass is 19.4. The number of ether oxygens (including phenoxy) is 2. The second kappa shape index (κ2) is 24.7. The zero-order valence-electron chi connectivity index (χ0n) is 43.8. The lowest BCUT2D eigenvalue weighted by Gasteiger charge is -2.39. The van der Waals surface area contributed by atoms with Crippen molar-refractivity contribution in [3.05, 3.63) is 118 Å². The van der Waals surface area contributed by atoms with Crippen LogP contribution in [0.25, 0.3) is 0 Å². The monoisotopic (exact) mass is 1050 g/mol. The Morgan fingerprint density at radius 2 is 1.04 bits per heavy atom. The molecule has 0 aromatic heterocycles. The number of aromatic carboxylic acids is 1. The molecule has 2 fully saturated rings. The molecule has 2 aliphatic heterocycles. The average molecular weight is 1050 g/mol. The minimum absolute atomic E-state index is 0.0297. The molecular formula is C58H72F6N4O7. The van der Waals surface area contributed by atoms with Gasteiger partial charge in [-0.3, -0.25) is 14.4 Å². The van der Waals surface area contributed by atoms with Gasteiger partial charge in [0.05, 0.1) is 33.6 Å². The molecule has 0 saturated heterocycles. The van der Waals surface area contributed by atoms with E-state index >= 15 is 0 Å². The van der Waals surface area contributed by atoms with Gasteiger partial charge in [-0.1, -0.05) is 126 Å². The lowest BCUT2D eigenvalue weighted by atomic mass is 9.80. The number of fused-ring (bicyclic) bond motifs is 2. The summed E-state index contributed by atoms with van der Waals surface area (Å²) in [6.07, 6.45) is 3.84. The highest BCUT2D eigenvalue weighted by Gasteiger charge is 2.46. The van der Waals surface area contributed by atoms with Gasteiger partial charge in [-0.05, 0) is 108 Å². The predicted octanol–water partition coefficient (Wildman–Crippen LogP) is 13.6. The quantitative estimate of drug-likeness (QED) is 0.0884. The summed E-state index contributed by atoms with van der Waals surface area (Å²) >= 11 is 0. The number of nitrogens with one attached hydrogen (secondary N) is 1. The fourth-order valence-electron chi connectivity index (χ4n) is 10.5. The third kappa shape index (κ3) is 14.2. The summed E-state index contributed by atoms with van der Waals surface area (Å²) in [7, 11) is 0. The molecule has 11 nitrogen and oxygen atoms in total. The Kier molecular flexibility index (Phi) is 19.2. The first-order valence-electron chi connectivity index (χ1n) is 26.3. The zero-order chi connectivity index (χ0) is 54.9. The van der Waals surface area contributed by atoms with E-state index in [9.17, 15) is 45.5 Å². The topological polar surface area (TPSA) is 152 Å². The molecule has 0 bridgehead atoms. The van der Waals surface area contributed by atoms with Crippen LogP contribution in [0.5, 0.6) is 11.5 Å². The lowest BCUT2D eigenvalue weighted by Crippen LogP contribution is -2.53. The van der Waals surface area contributed by atoms with Crippen LogP contribution in [0.4, 0.5) is 37.7 Å². The van der Waals surface area contributed by atoms with Crippen molar-refractivity contribution in [2.24, 2.45) is 5.73 Å². The van der Waals surface area contributed by atoms with Crippen molar-refractivity contribution in [2.75, 3.05) is 22.9 Å². The number of anilines is 2. The molecule has 0 spiro atoms. The number of alkyl halides is 6. The molecule has 4 aliphatic rings. The number of carboxylic acids is 1. The number of rotatable bonds is 13. The van der Waals surface area contributed by atoms with Crippen molar-refractivity contribution in [1.82, 2.24) is 5.32 Å². The van der Waals surface area contributed by atoms with Crippen molar-refractivity contribution in [3.63, 3.8) is 0 Å². The third-order valence-corrected chi connectivity index (χ3v) is 14.4. The summed E-state index contributed by atoms with van der Waals surface area (Å²) in [5, 5.41) is 12.1. The Hall–Kier alpha value is -6.10. The van der Waals surface area contributed by atoms with E-state index in [2.05, 4.69) is 35.6 Å². The number of carboxylic acid groups (broad SMARTS) is 1. The van der Waals surface area contributed by atoms with E-state index in [1.54, 1.807) is 13.8 Å². The van der Waals surface area contributed by atoms with Crippen LogP contribution in [0.1, 0.15) is 186 Å². The highest BCUT2D eigenvalue weighted by Crippen LogP contribution is 2.46. The van der Waals surface area contributed by atoms with Crippen LogP contribution in [0, 0.1) is 0 Å². The molecule has 17 heteroatoms. The molecule has 4 N–H and O–H groups in total. The van der Waals surface area contributed by atoms with Crippen LogP contribution in [-0.2, 0) is 21.9 Å². The molecule has 4 aromatic carbocycles. The number of nitrogens with two attached hydrogens (primary N) is 1. The van der Waals surface area contributed by atoms with Crippen LogP contribution in [-0.4, -0.2) is 65.2 Å². The van der Waals surface area contributed by atoms with Gasteiger partial charge in [0.15, 0.2) is 11.2 Å². The van der Waals surface area contributed by atoms with Gasteiger partial charge in [0.2, 0.25) is 0 Å². The van der Waals surface area contributed by atoms with Gasteiger partial charge in [-0.25, -0.2) is 4.79 Å². The Morgan fingerprint density at radius 1 is 0.627 bits per heavy atom. The number of benzene rings is 4. The Labute approximate surface area is 436 Å². The molecular weight excluding hydrogens is 979 g/mol. The highest BCUT2D eigenvalue weighted by molar-refractivity contribution is 6.05. The maximum atomic E-state index is 14.2. The molecule has 2 heterocycles. The summed E-state index contributed by atoms with van der Waals surface area (Å²) in [5.74, 6) is -2.78. The first-order chi connectivity index (χ1) is 35.4. The predicted molar refractivity (Wildman–Crippen MR) is 278 cm³/mol. The third-order valence-electron chi connectivity index (χ3n) is 14.4. The molecule has 0 unspecified atom stereocenters. The zero-order valence-corrected chi connectivity index (χ0v) is 43.8. The van der Waals surface area contributed by atoms with Gasteiger partial charge < -0.3 is 35.4 Å². The number of nitrogens with zero attached hydrogens (tertiary/aromatic N) is 2. The molecule has 408 valence electrons. The molecule has 3 amide bonds. The Balaban J connectivity index is 0.000000206. The van der Waals surface area contributed by atoms with Gasteiger partial charge in [0.1, 0.15) is 11.5 Å². The first kappa shape index (κ1) is 58.2. The first-order valence-corrected chi connectivity index (χ1v) is 26.3. The van der Waals surface area contributed by atoms with Gasteiger partial charge in [0, 0.05) is 31.1 Å². The minimum Gasteiger partial charge on any atom is -0.478 e. The van der Waals surface area contributed by atoms with Crippen molar-refractivity contribution >= 4 is 35.1 Å². The van der Waals surface area contributed by atoms with E-state index in [1.165, 1.54) is 61.0 Å². The number of unbranched alkanes of at least 4 members (excludes halogenated alkanes) is 4. The lowest BCUT2D eigenvalue weighted by molar-refractivity contribution is -0.139. The van der Waals surface area contributed by atoms with Crippen molar-refractivity contribution in [3.8, 4) is 11.5 Å². The van der Waals surface area contributed by atoms with Crippen LogP contribution < -0.4 is 30.3 Å². The number of hydrogen-bond donors (Lipinski definition) is 3. The molecule has 4 atom stereocenters. The summed E-state index contributed by atoms with van der Waals surface area (Å²) in [5.41, 5.74) is 2.50. The van der Waals surface area contributed by atoms with Gasteiger partial charge >= 0.3 is 18.3 Å². The maximum absolute atomic E-state index is 14.2. The second-order valence-electron chi connectivity index (χ2n) is 20.9. The van der Waals surface area contributed by atoms with E-state index in [4.69, 9.17) is 20.3 Å². The molecule has 2 aliphatic carbocycles. The standard InChI is InChI=1S/C29H35F3N2O3.C17H20F3NO4.C12H17N/c1-4-5-11-16-34-24-17-21(22(29(30,31)32)18-25(24)37-28(2,3)27(34)36)26(35)33-23-15-10-9-14-20(23)19-12-7-6-8-13-19;1-4-5-6-7-21-12-8-10(14(22)23)11(17(18,19)20)9-13(12)25-16(2,3)15(21)24;13-12-9-5-4-8-11(12)10-6-2-1-3-7-10/h6-8,12-13,17-18,20,23H,4-5,9-11,14-16H2,1-3H3,(H,33,35);8-9H,4-7H2,1-3H3,(H,22,23);1-3,6-7,11-12H,4-5,8-9,13H2/t20-,23+;;11-,12+/m0.0/s1. The van der Waals surface area contributed by atoms with Crippen LogP contribution >= 0.6 is 0 Å². The average Bonchev–Trinajstić information content (AvgIpc) is 3.36. The number of halogens is 6. The smallest absolute Gasteiger partial charge is 0.417 e. The second-order valence-corrected chi connectivity index (χ2v) is 20.9. The van der Waals surface area contributed by atoms with Crippen molar-refractivity contribution in [2.45, 2.75) is 179 Å². The Bertz CT molecular complexity index is 2610. The number of carbonyl (C=O) groups excluding carboxylic acids is 3. The van der Waals surface area contributed by atoms with Gasteiger partial charge in [-0.2, -0.15) is 26.3 Å². The molecule has 8 rings (SSSR count). The fraction of sp³-hybridized carbons (Fsp3) is 0.517. The van der Waals surface area contributed by atoms with E-state index in [0.717, 1.165) is 62.6 Å². The Morgan fingerprint density at radius 3 is 1.48 bits per heavy atom. The summed E-state index contributed by atoms with van der Waals surface area (Å²) in [6, 6.07) is 24.2. The van der Waals surface area contributed by atoms with Crippen LogP contribution in [0.2, 0.25) is 0 Å². The minimum atomic E-state index is -4.84. The fourth-order valence-corrected chi connectivity index (χ4v) is 10.5. The SMILES string of the molecule is CCCCCN1C(=O)C(C)(C)Oc2cc(C(F)(F)F)c(C(=O)N[C@@H]3CCCC[C@H]3c3ccccc3)cc21.CCCCCN1C(=O)C(C)(C)Oc2cc(C(F)(F)F)c(C(=O)O)cc21.N[C@@H]1CCCC[C@H]1c1ccccc1. The van der Waals surface area contributed by atoms with E-state index in [1.807, 2.05) is 44.2 Å². The van der Waals surface area contributed by atoms with Crippen molar-refractivity contribution < 1.29 is 60.1 Å². The molecule has 4 aromatic rings. The van der Waals surface area contributed by atoms with E-state index in [-0.39, 0.29) is 47.3 Å².